The van der Waals surface area contributed by atoms with Crippen LogP contribution in [0.1, 0.15) is 56.1 Å². The summed E-state index contributed by atoms with van der Waals surface area (Å²) < 4.78 is 0. The van der Waals surface area contributed by atoms with Gasteiger partial charge in [0.2, 0.25) is 11.8 Å². The van der Waals surface area contributed by atoms with Crippen LogP contribution in [0.15, 0.2) is 48.5 Å². The molecule has 2 N–H and O–H groups in total. The van der Waals surface area contributed by atoms with Gasteiger partial charge in [0.1, 0.15) is 0 Å². The molecule has 144 valence electrons. The van der Waals surface area contributed by atoms with E-state index in [4.69, 9.17) is 0 Å². The van der Waals surface area contributed by atoms with Gasteiger partial charge in [-0.15, -0.1) is 0 Å². The lowest BCUT2D eigenvalue weighted by molar-refractivity contribution is -0.117. The Morgan fingerprint density at radius 2 is 1.07 bits per heavy atom. The quantitative estimate of drug-likeness (QED) is 0.537. The SMILES string of the molecule is Cc1cccc(NC(=O)CCCCCCCC(=O)Nc2cccc(C)c2)c1. The Hall–Kier alpha value is -2.62. The summed E-state index contributed by atoms with van der Waals surface area (Å²) in [5.74, 6) is 0.135. The molecule has 0 unspecified atom stereocenters. The highest BCUT2D eigenvalue weighted by molar-refractivity contribution is 5.91. The number of carbonyl (C=O) groups is 2. The van der Waals surface area contributed by atoms with Crippen LogP contribution in [0, 0.1) is 13.8 Å². The highest BCUT2D eigenvalue weighted by Crippen LogP contribution is 2.13. The summed E-state index contributed by atoms with van der Waals surface area (Å²) in [6.45, 7) is 4.02. The highest BCUT2D eigenvalue weighted by atomic mass is 16.2. The second-order valence-corrected chi connectivity index (χ2v) is 7.10. The van der Waals surface area contributed by atoms with E-state index in [-0.39, 0.29) is 11.8 Å². The number of benzene rings is 2. The highest BCUT2D eigenvalue weighted by Gasteiger charge is 2.04. The standard InChI is InChI=1S/C23H30N2O2/c1-18-10-8-12-20(16-18)24-22(26)14-6-4-3-5-7-15-23(27)25-21-13-9-11-19(2)17-21/h8-13,16-17H,3-7,14-15H2,1-2H3,(H,24,26)(H,25,27). The van der Waals surface area contributed by atoms with E-state index >= 15 is 0 Å². The molecule has 0 radical (unpaired) electrons. The van der Waals surface area contributed by atoms with Crippen LogP contribution in [0.4, 0.5) is 11.4 Å². The average Bonchev–Trinajstić information content (AvgIpc) is 2.61. The Morgan fingerprint density at radius 3 is 1.48 bits per heavy atom. The third kappa shape index (κ3) is 8.54. The Balaban J connectivity index is 1.50. The van der Waals surface area contributed by atoms with Crippen molar-refractivity contribution in [2.24, 2.45) is 0 Å². The molecule has 4 heteroatoms. The molecule has 0 saturated heterocycles. The van der Waals surface area contributed by atoms with Crippen molar-refractivity contribution in [1.82, 2.24) is 0 Å². The lowest BCUT2D eigenvalue weighted by atomic mass is 10.1. The van der Waals surface area contributed by atoms with E-state index in [0.717, 1.165) is 54.6 Å². The molecule has 2 rings (SSSR count). The van der Waals surface area contributed by atoms with Gasteiger partial charge in [-0.25, -0.2) is 0 Å². The molecule has 2 aromatic carbocycles. The second kappa shape index (κ2) is 11.2. The molecular weight excluding hydrogens is 336 g/mol. The first-order valence-corrected chi connectivity index (χ1v) is 9.76. The summed E-state index contributed by atoms with van der Waals surface area (Å²) in [5.41, 5.74) is 4.00. The fraction of sp³-hybridized carbons (Fsp3) is 0.391. The molecule has 0 aromatic heterocycles. The van der Waals surface area contributed by atoms with Crippen molar-refractivity contribution in [3.63, 3.8) is 0 Å². The summed E-state index contributed by atoms with van der Waals surface area (Å²) in [5, 5.41) is 5.87. The van der Waals surface area contributed by atoms with Crippen LogP contribution in [0.25, 0.3) is 0 Å². The second-order valence-electron chi connectivity index (χ2n) is 7.10. The Kier molecular flexibility index (Phi) is 8.56. The number of rotatable bonds is 10. The van der Waals surface area contributed by atoms with Gasteiger partial charge in [-0.2, -0.15) is 0 Å². The monoisotopic (exact) mass is 366 g/mol. The molecule has 27 heavy (non-hydrogen) atoms. The van der Waals surface area contributed by atoms with Gasteiger partial charge in [0.05, 0.1) is 0 Å². The lowest BCUT2D eigenvalue weighted by Gasteiger charge is -2.07. The van der Waals surface area contributed by atoms with Crippen LogP contribution in [0.2, 0.25) is 0 Å². The third-order valence-electron chi connectivity index (χ3n) is 4.41. The predicted octanol–water partition coefficient (Wildman–Crippen LogP) is 5.61. The zero-order chi connectivity index (χ0) is 19.5. The number of amides is 2. The minimum atomic E-state index is 0.0677. The number of carbonyl (C=O) groups excluding carboxylic acids is 2. The minimum absolute atomic E-state index is 0.0677. The van der Waals surface area contributed by atoms with Crippen molar-refractivity contribution in [1.29, 1.82) is 0 Å². The van der Waals surface area contributed by atoms with Gasteiger partial charge in [-0.1, -0.05) is 43.5 Å². The van der Waals surface area contributed by atoms with Gasteiger partial charge >= 0.3 is 0 Å². The molecule has 4 nitrogen and oxygen atoms in total. The molecule has 0 atom stereocenters. The third-order valence-corrected chi connectivity index (χ3v) is 4.41. The van der Waals surface area contributed by atoms with Crippen molar-refractivity contribution in [2.75, 3.05) is 10.6 Å². The van der Waals surface area contributed by atoms with Crippen molar-refractivity contribution >= 4 is 23.2 Å². The molecule has 0 fully saturated rings. The summed E-state index contributed by atoms with van der Waals surface area (Å²) in [6.07, 6.45) is 5.93. The van der Waals surface area contributed by atoms with Crippen molar-refractivity contribution in [3.05, 3.63) is 59.7 Å². The molecule has 0 aliphatic heterocycles. The fourth-order valence-corrected chi connectivity index (χ4v) is 2.99. The van der Waals surface area contributed by atoms with E-state index in [9.17, 15) is 9.59 Å². The van der Waals surface area contributed by atoms with Crippen molar-refractivity contribution in [2.45, 2.75) is 58.8 Å². The number of hydrogen-bond acceptors (Lipinski definition) is 2. The first kappa shape index (κ1) is 20.7. The summed E-state index contributed by atoms with van der Waals surface area (Å²) >= 11 is 0. The van der Waals surface area contributed by atoms with Crippen LogP contribution >= 0.6 is 0 Å². The predicted molar refractivity (Wildman–Crippen MR) is 112 cm³/mol. The lowest BCUT2D eigenvalue weighted by Crippen LogP contribution is -2.11. The Bertz CT molecular complexity index is 692. The van der Waals surface area contributed by atoms with E-state index in [0.29, 0.717) is 12.8 Å². The molecule has 0 aliphatic carbocycles. The molecule has 0 heterocycles. The Labute approximate surface area is 162 Å². The number of anilines is 2. The molecule has 0 bridgehead atoms. The zero-order valence-corrected chi connectivity index (χ0v) is 16.4. The van der Waals surface area contributed by atoms with Crippen molar-refractivity contribution in [3.8, 4) is 0 Å². The largest absolute Gasteiger partial charge is 0.326 e. The average molecular weight is 367 g/mol. The minimum Gasteiger partial charge on any atom is -0.326 e. The molecule has 0 aliphatic rings. The smallest absolute Gasteiger partial charge is 0.224 e. The van der Waals surface area contributed by atoms with Gasteiger partial charge in [0, 0.05) is 24.2 Å². The Morgan fingerprint density at radius 1 is 0.667 bits per heavy atom. The number of aryl methyl sites for hydroxylation is 2. The first-order chi connectivity index (χ1) is 13.0. The number of nitrogens with one attached hydrogen (secondary N) is 2. The molecule has 2 aromatic rings. The van der Waals surface area contributed by atoms with Gasteiger partial charge < -0.3 is 10.6 Å². The van der Waals surface area contributed by atoms with E-state index in [1.54, 1.807) is 0 Å². The fourth-order valence-electron chi connectivity index (χ4n) is 2.99. The van der Waals surface area contributed by atoms with E-state index in [1.165, 1.54) is 0 Å². The first-order valence-electron chi connectivity index (χ1n) is 9.76. The maximum Gasteiger partial charge on any atom is 0.224 e. The van der Waals surface area contributed by atoms with Gasteiger partial charge in [0.15, 0.2) is 0 Å². The summed E-state index contributed by atoms with van der Waals surface area (Å²) in [4.78, 5) is 23.9. The van der Waals surface area contributed by atoms with Crippen LogP contribution in [0.3, 0.4) is 0 Å². The molecule has 0 saturated carbocycles. The molecule has 2 amide bonds. The van der Waals surface area contributed by atoms with Gasteiger partial charge in [-0.3, -0.25) is 9.59 Å². The van der Waals surface area contributed by atoms with Gasteiger partial charge in [0.25, 0.3) is 0 Å². The van der Waals surface area contributed by atoms with Crippen LogP contribution in [-0.2, 0) is 9.59 Å². The molecule has 0 spiro atoms. The van der Waals surface area contributed by atoms with E-state index in [1.807, 2.05) is 62.4 Å². The van der Waals surface area contributed by atoms with Crippen LogP contribution in [0.5, 0.6) is 0 Å². The molecular formula is C23H30N2O2. The normalized spacial score (nSPS) is 10.4. The topological polar surface area (TPSA) is 58.2 Å². The number of hydrogen-bond donors (Lipinski definition) is 2. The number of unbranched alkanes of at least 4 members (excludes halogenated alkanes) is 4. The van der Waals surface area contributed by atoms with Gasteiger partial charge in [-0.05, 0) is 62.1 Å². The summed E-state index contributed by atoms with van der Waals surface area (Å²) in [6, 6.07) is 15.7. The summed E-state index contributed by atoms with van der Waals surface area (Å²) in [7, 11) is 0. The van der Waals surface area contributed by atoms with E-state index in [2.05, 4.69) is 10.6 Å². The zero-order valence-electron chi connectivity index (χ0n) is 16.4. The maximum absolute atomic E-state index is 11.9. The van der Waals surface area contributed by atoms with Crippen molar-refractivity contribution < 1.29 is 9.59 Å². The van der Waals surface area contributed by atoms with Crippen LogP contribution < -0.4 is 10.6 Å². The van der Waals surface area contributed by atoms with Crippen LogP contribution in [-0.4, -0.2) is 11.8 Å². The maximum atomic E-state index is 11.9. The van der Waals surface area contributed by atoms with E-state index < -0.39 is 0 Å².